The van der Waals surface area contributed by atoms with Crippen LogP contribution in [0.15, 0.2) is 18.3 Å². The van der Waals surface area contributed by atoms with Crippen molar-refractivity contribution in [1.82, 2.24) is 4.98 Å². The minimum absolute atomic E-state index is 0.630. The second-order valence-corrected chi connectivity index (χ2v) is 5.95. The van der Waals surface area contributed by atoms with Crippen LogP contribution in [0.25, 0.3) is 0 Å². The molecule has 1 aromatic heterocycles. The van der Waals surface area contributed by atoms with Crippen molar-refractivity contribution in [2.75, 3.05) is 23.4 Å². The summed E-state index contributed by atoms with van der Waals surface area (Å²) in [5, 5.41) is 7.75. The predicted molar refractivity (Wildman–Crippen MR) is 81.6 cm³/mol. The Kier molecular flexibility index (Phi) is 5.17. The topological polar surface area (TPSA) is 37.0 Å². The van der Waals surface area contributed by atoms with Crippen LogP contribution in [0.5, 0.6) is 0 Å². The number of nitrogens with zero attached hydrogens (tertiary/aromatic N) is 1. The third-order valence-electron chi connectivity index (χ3n) is 3.50. The lowest BCUT2D eigenvalue weighted by Crippen LogP contribution is -2.27. The lowest BCUT2D eigenvalue weighted by molar-refractivity contribution is 0.473. The Labute approximate surface area is 114 Å². The summed E-state index contributed by atoms with van der Waals surface area (Å²) in [6.45, 7) is 3.00. The van der Waals surface area contributed by atoms with Crippen molar-refractivity contribution in [3.63, 3.8) is 0 Å². The molecule has 3 nitrogen and oxygen atoms in total. The van der Waals surface area contributed by atoms with Gasteiger partial charge in [-0.05, 0) is 44.9 Å². The highest BCUT2D eigenvalue weighted by Crippen LogP contribution is 2.28. The van der Waals surface area contributed by atoms with E-state index >= 15 is 0 Å². The van der Waals surface area contributed by atoms with E-state index in [1.54, 1.807) is 0 Å². The number of rotatable bonds is 5. The van der Waals surface area contributed by atoms with Gasteiger partial charge < -0.3 is 10.6 Å². The highest BCUT2D eigenvalue weighted by Gasteiger charge is 2.20. The van der Waals surface area contributed by atoms with E-state index in [-0.39, 0.29) is 0 Å². The van der Waals surface area contributed by atoms with E-state index in [0.717, 1.165) is 17.6 Å². The highest BCUT2D eigenvalue weighted by atomic mass is 32.2. The molecule has 1 heterocycles. The molecule has 1 aliphatic carbocycles. The van der Waals surface area contributed by atoms with Gasteiger partial charge in [-0.1, -0.05) is 0 Å². The highest BCUT2D eigenvalue weighted by molar-refractivity contribution is 7.99. The van der Waals surface area contributed by atoms with Crippen LogP contribution in [0, 0.1) is 0 Å². The molecule has 1 fully saturated rings. The number of nitrogens with one attached hydrogen (secondary N) is 2. The number of anilines is 2. The standard InChI is InChI=1S/C14H23N3S/c1-3-15-14-10-12(8-9-16-14)17-11-4-6-13(18-2)7-5-11/h8-11,13H,3-7H2,1-2H3,(H2,15,16,17). The quantitative estimate of drug-likeness (QED) is 0.853. The lowest BCUT2D eigenvalue weighted by atomic mass is 9.95. The average Bonchev–Trinajstić information content (AvgIpc) is 2.40. The van der Waals surface area contributed by atoms with Crippen molar-refractivity contribution in [2.24, 2.45) is 0 Å². The molecule has 0 spiro atoms. The van der Waals surface area contributed by atoms with E-state index in [0.29, 0.717) is 6.04 Å². The van der Waals surface area contributed by atoms with Gasteiger partial charge in [0.05, 0.1) is 0 Å². The zero-order chi connectivity index (χ0) is 12.8. The van der Waals surface area contributed by atoms with Gasteiger partial charge in [0.25, 0.3) is 0 Å². The van der Waals surface area contributed by atoms with Gasteiger partial charge in [-0.15, -0.1) is 0 Å². The smallest absolute Gasteiger partial charge is 0.127 e. The molecule has 0 radical (unpaired) electrons. The molecule has 0 amide bonds. The van der Waals surface area contributed by atoms with Crippen LogP contribution >= 0.6 is 11.8 Å². The van der Waals surface area contributed by atoms with Gasteiger partial charge in [0.1, 0.15) is 5.82 Å². The average molecular weight is 265 g/mol. The maximum absolute atomic E-state index is 4.29. The summed E-state index contributed by atoms with van der Waals surface area (Å²) in [7, 11) is 0. The number of hydrogen-bond donors (Lipinski definition) is 2. The molecule has 0 atom stereocenters. The summed E-state index contributed by atoms with van der Waals surface area (Å²) in [5.74, 6) is 0.959. The van der Waals surface area contributed by atoms with E-state index in [4.69, 9.17) is 0 Å². The Bertz CT molecular complexity index is 362. The normalized spacial score (nSPS) is 23.7. The monoisotopic (exact) mass is 265 g/mol. The molecule has 0 saturated heterocycles. The maximum Gasteiger partial charge on any atom is 0.127 e. The van der Waals surface area contributed by atoms with Crippen LogP contribution in [0.4, 0.5) is 11.5 Å². The number of pyridine rings is 1. The SMILES string of the molecule is CCNc1cc(NC2CCC(SC)CC2)ccn1. The number of aromatic nitrogens is 1. The van der Waals surface area contributed by atoms with E-state index < -0.39 is 0 Å². The Hall–Kier alpha value is -0.900. The van der Waals surface area contributed by atoms with Gasteiger partial charge in [0.15, 0.2) is 0 Å². The summed E-state index contributed by atoms with van der Waals surface area (Å²) >= 11 is 2.02. The molecule has 2 N–H and O–H groups in total. The van der Waals surface area contributed by atoms with Crippen LogP contribution in [-0.4, -0.2) is 29.1 Å². The summed E-state index contributed by atoms with van der Waals surface area (Å²) in [6.07, 6.45) is 9.33. The second kappa shape index (κ2) is 6.88. The van der Waals surface area contributed by atoms with Crippen molar-refractivity contribution >= 4 is 23.3 Å². The fraction of sp³-hybridized carbons (Fsp3) is 0.643. The fourth-order valence-electron chi connectivity index (χ4n) is 2.48. The summed E-state index contributed by atoms with van der Waals surface area (Å²) < 4.78 is 0. The van der Waals surface area contributed by atoms with Crippen molar-refractivity contribution < 1.29 is 0 Å². The van der Waals surface area contributed by atoms with Gasteiger partial charge in [0.2, 0.25) is 0 Å². The fourth-order valence-corrected chi connectivity index (χ4v) is 3.22. The van der Waals surface area contributed by atoms with E-state index in [2.05, 4.69) is 40.9 Å². The summed E-state index contributed by atoms with van der Waals surface area (Å²) in [6, 6.07) is 4.79. The van der Waals surface area contributed by atoms with Gasteiger partial charge >= 0.3 is 0 Å². The zero-order valence-electron chi connectivity index (χ0n) is 11.3. The van der Waals surface area contributed by atoms with Gasteiger partial charge in [-0.3, -0.25) is 0 Å². The first-order valence-electron chi connectivity index (χ1n) is 6.81. The van der Waals surface area contributed by atoms with Gasteiger partial charge in [-0.25, -0.2) is 4.98 Å². The van der Waals surface area contributed by atoms with Gasteiger partial charge in [-0.2, -0.15) is 11.8 Å². The minimum atomic E-state index is 0.630. The van der Waals surface area contributed by atoms with Crippen LogP contribution in [-0.2, 0) is 0 Å². The molecule has 1 aliphatic rings. The van der Waals surface area contributed by atoms with Crippen molar-refractivity contribution in [1.29, 1.82) is 0 Å². The van der Waals surface area contributed by atoms with Crippen molar-refractivity contribution in [2.45, 2.75) is 43.9 Å². The third-order valence-corrected chi connectivity index (χ3v) is 4.63. The summed E-state index contributed by atoms with van der Waals surface area (Å²) in [5.41, 5.74) is 1.19. The third kappa shape index (κ3) is 3.80. The Morgan fingerprint density at radius 3 is 2.78 bits per heavy atom. The first-order valence-corrected chi connectivity index (χ1v) is 8.10. The molecule has 0 bridgehead atoms. The largest absolute Gasteiger partial charge is 0.382 e. The van der Waals surface area contributed by atoms with E-state index in [9.17, 15) is 0 Å². The van der Waals surface area contributed by atoms with Crippen molar-refractivity contribution in [3.8, 4) is 0 Å². The Morgan fingerprint density at radius 2 is 2.11 bits per heavy atom. The number of hydrogen-bond acceptors (Lipinski definition) is 4. The molecular weight excluding hydrogens is 242 g/mol. The minimum Gasteiger partial charge on any atom is -0.382 e. The first-order chi connectivity index (χ1) is 8.81. The molecule has 1 saturated carbocycles. The number of thioether (sulfide) groups is 1. The second-order valence-electron chi connectivity index (χ2n) is 4.81. The van der Waals surface area contributed by atoms with Crippen molar-refractivity contribution in [3.05, 3.63) is 18.3 Å². The Balaban J connectivity index is 1.87. The van der Waals surface area contributed by atoms with E-state index in [1.165, 1.54) is 31.4 Å². The summed E-state index contributed by atoms with van der Waals surface area (Å²) in [4.78, 5) is 4.29. The van der Waals surface area contributed by atoms with Crippen LogP contribution in [0.3, 0.4) is 0 Å². The van der Waals surface area contributed by atoms with Crippen LogP contribution in [0.1, 0.15) is 32.6 Å². The van der Waals surface area contributed by atoms with Gasteiger partial charge in [0, 0.05) is 35.8 Å². The Morgan fingerprint density at radius 1 is 1.33 bits per heavy atom. The predicted octanol–water partition coefficient (Wildman–Crippen LogP) is 3.60. The van der Waals surface area contributed by atoms with Crippen LogP contribution < -0.4 is 10.6 Å². The lowest BCUT2D eigenvalue weighted by Gasteiger charge is -2.28. The molecule has 0 aromatic carbocycles. The molecule has 1 aromatic rings. The molecule has 0 aliphatic heterocycles. The molecular formula is C14H23N3S. The molecule has 0 unspecified atom stereocenters. The molecule has 100 valence electrons. The van der Waals surface area contributed by atoms with Crippen LogP contribution in [0.2, 0.25) is 0 Å². The maximum atomic E-state index is 4.29. The molecule has 2 rings (SSSR count). The van der Waals surface area contributed by atoms with E-state index in [1.807, 2.05) is 18.0 Å². The molecule has 4 heteroatoms. The zero-order valence-corrected chi connectivity index (χ0v) is 12.1. The first kappa shape index (κ1) is 13.5. The molecule has 18 heavy (non-hydrogen) atoms.